The fourth-order valence-corrected chi connectivity index (χ4v) is 4.51. The number of benzene rings is 3. The van der Waals surface area contributed by atoms with Gasteiger partial charge in [-0.1, -0.05) is 72.8 Å². The molecule has 4 rings (SSSR count). The topological polar surface area (TPSA) is 52.5 Å². The second-order valence-corrected chi connectivity index (χ2v) is 9.87. The maximum Gasteiger partial charge on any atom is 0.0580 e. The summed E-state index contributed by atoms with van der Waals surface area (Å²) in [7, 11) is -2.69. The molecule has 0 spiro atoms. The van der Waals surface area contributed by atoms with Gasteiger partial charge in [-0.15, -0.1) is 0 Å². The van der Waals surface area contributed by atoms with Crippen LogP contribution in [0.4, 0.5) is 0 Å². The van der Waals surface area contributed by atoms with Gasteiger partial charge < -0.3 is 5.32 Å². The zero-order valence-corrected chi connectivity index (χ0v) is 18.0. The lowest BCUT2D eigenvalue weighted by Gasteiger charge is -2.27. The zero-order valence-electron chi connectivity index (χ0n) is 17.2. The van der Waals surface area contributed by atoms with Gasteiger partial charge in [-0.2, -0.15) is 10.6 Å². The van der Waals surface area contributed by atoms with Crippen molar-refractivity contribution in [3.63, 3.8) is 0 Å². The molecule has 3 nitrogen and oxygen atoms in total. The molecule has 0 aliphatic heterocycles. The second kappa shape index (κ2) is 8.52. The van der Waals surface area contributed by atoms with Crippen LogP contribution in [0.15, 0.2) is 108 Å². The monoisotopic (exact) mass is 417 g/mol. The molecule has 0 amide bonds. The summed E-state index contributed by atoms with van der Waals surface area (Å²) >= 11 is 0. The summed E-state index contributed by atoms with van der Waals surface area (Å²) in [5.74, 6) is 0.106. The molecule has 3 N–H and O–H groups in total. The van der Waals surface area contributed by atoms with Crippen LogP contribution in [0.5, 0.6) is 0 Å². The Kier molecular flexibility index (Phi) is 5.82. The summed E-state index contributed by atoms with van der Waals surface area (Å²) in [5.41, 5.74) is 3.45. The highest BCUT2D eigenvalue weighted by atomic mass is 32.3. The van der Waals surface area contributed by atoms with Crippen LogP contribution in [0.25, 0.3) is 10.8 Å². The van der Waals surface area contributed by atoms with E-state index in [0.717, 1.165) is 11.3 Å². The minimum absolute atomic E-state index is 0.106. The minimum Gasteiger partial charge on any atom is -0.379 e. The summed E-state index contributed by atoms with van der Waals surface area (Å²) in [6, 6.07) is 22.6. The predicted molar refractivity (Wildman–Crippen MR) is 128 cm³/mol. The van der Waals surface area contributed by atoms with E-state index in [-0.39, 0.29) is 12.0 Å². The molecule has 1 unspecified atom stereocenters. The van der Waals surface area contributed by atoms with Crippen LogP contribution < -0.4 is 5.32 Å². The lowest BCUT2D eigenvalue weighted by Crippen LogP contribution is -2.17. The highest BCUT2D eigenvalue weighted by Gasteiger charge is 2.14. The number of allylic oxidation sites excluding steroid dienone is 5. The molecule has 2 atom stereocenters. The predicted octanol–water partition coefficient (Wildman–Crippen LogP) is 7.02. The van der Waals surface area contributed by atoms with Crippen molar-refractivity contribution in [3.8, 4) is 0 Å². The first-order valence-corrected chi connectivity index (χ1v) is 12.0. The van der Waals surface area contributed by atoms with Crippen molar-refractivity contribution in [2.24, 2.45) is 0 Å². The van der Waals surface area contributed by atoms with Crippen LogP contribution in [0.2, 0.25) is 0 Å². The van der Waals surface area contributed by atoms with Gasteiger partial charge in [0.15, 0.2) is 0 Å². The van der Waals surface area contributed by atoms with Crippen LogP contribution >= 0.6 is 10.6 Å². The van der Waals surface area contributed by atoms with E-state index in [1.807, 2.05) is 18.2 Å². The van der Waals surface area contributed by atoms with Crippen LogP contribution in [0.3, 0.4) is 0 Å². The van der Waals surface area contributed by atoms with Gasteiger partial charge >= 0.3 is 0 Å². The Balaban J connectivity index is 1.58. The molecule has 0 saturated heterocycles. The first-order chi connectivity index (χ1) is 14.4. The summed E-state index contributed by atoms with van der Waals surface area (Å²) in [5, 5.41) is 6.17. The Hall–Kier alpha value is -2.79. The number of hydrogen-bond acceptors (Lipinski definition) is 3. The number of nitrogens with one attached hydrogen (secondary N) is 1. The van der Waals surface area contributed by atoms with Crippen molar-refractivity contribution in [3.05, 3.63) is 114 Å². The molecule has 0 bridgehead atoms. The van der Waals surface area contributed by atoms with E-state index in [2.05, 4.69) is 79.0 Å². The van der Waals surface area contributed by atoms with Crippen molar-refractivity contribution < 1.29 is 9.11 Å². The van der Waals surface area contributed by atoms with Crippen molar-refractivity contribution in [1.29, 1.82) is 0 Å². The normalized spacial score (nSPS) is 18.0. The number of hydrogen-bond donors (Lipinski definition) is 3. The highest BCUT2D eigenvalue weighted by Crippen LogP contribution is 2.44. The van der Waals surface area contributed by atoms with Crippen molar-refractivity contribution in [2.75, 3.05) is 6.26 Å². The quantitative estimate of drug-likeness (QED) is 0.418. The molecule has 30 heavy (non-hydrogen) atoms. The van der Waals surface area contributed by atoms with Gasteiger partial charge in [0.1, 0.15) is 0 Å². The molecule has 154 valence electrons. The van der Waals surface area contributed by atoms with Gasteiger partial charge in [0.25, 0.3) is 0 Å². The average molecular weight is 418 g/mol. The van der Waals surface area contributed by atoms with E-state index < -0.39 is 10.6 Å². The average Bonchev–Trinajstić information content (AvgIpc) is 2.98. The van der Waals surface area contributed by atoms with Crippen molar-refractivity contribution >= 4 is 21.4 Å². The smallest absolute Gasteiger partial charge is 0.0580 e. The van der Waals surface area contributed by atoms with Gasteiger partial charge in [0.2, 0.25) is 0 Å². The van der Waals surface area contributed by atoms with Gasteiger partial charge in [-0.05, 0) is 53.1 Å². The summed E-state index contributed by atoms with van der Waals surface area (Å²) in [6.07, 6.45) is 12.0. The van der Waals surface area contributed by atoms with E-state index in [1.54, 1.807) is 12.1 Å². The Bertz CT molecular complexity index is 1120. The van der Waals surface area contributed by atoms with Gasteiger partial charge in [0, 0.05) is 23.9 Å². The maximum atomic E-state index is 9.85. The van der Waals surface area contributed by atoms with E-state index in [9.17, 15) is 9.11 Å². The number of fused-ring (bicyclic) bond motifs is 1. The molecule has 1 aliphatic rings. The third kappa shape index (κ3) is 4.51. The van der Waals surface area contributed by atoms with Gasteiger partial charge in [-0.3, -0.25) is 9.11 Å². The fourth-order valence-electron chi connectivity index (χ4n) is 3.85. The van der Waals surface area contributed by atoms with E-state index >= 15 is 0 Å². The van der Waals surface area contributed by atoms with Crippen LogP contribution in [-0.2, 0) is 0 Å². The van der Waals surface area contributed by atoms with Gasteiger partial charge in [0.05, 0.1) is 4.90 Å². The summed E-state index contributed by atoms with van der Waals surface area (Å²) < 4.78 is 19.7. The number of rotatable bonds is 5. The SMILES string of the molecule is C[C@@H](NC1=CC(c2ccc(S(C)(O)O)cc2)C=CC=C1)c1cccc2ccccc12. The summed E-state index contributed by atoms with van der Waals surface area (Å²) in [4.78, 5) is 0.564. The van der Waals surface area contributed by atoms with Gasteiger partial charge in [-0.25, -0.2) is 0 Å². The largest absolute Gasteiger partial charge is 0.379 e. The van der Waals surface area contributed by atoms with Crippen LogP contribution in [-0.4, -0.2) is 15.4 Å². The highest BCUT2D eigenvalue weighted by molar-refractivity contribution is 8.23. The lowest BCUT2D eigenvalue weighted by molar-refractivity contribution is 0.495. The molecule has 0 fully saturated rings. The fraction of sp³-hybridized carbons (Fsp3) is 0.154. The van der Waals surface area contributed by atoms with Crippen molar-refractivity contribution in [2.45, 2.75) is 23.8 Å². The second-order valence-electron chi connectivity index (χ2n) is 7.73. The zero-order chi connectivity index (χ0) is 21.1. The van der Waals surface area contributed by atoms with Crippen LogP contribution in [0, 0.1) is 0 Å². The standard InChI is InChI=1S/C26H27NO2S/c1-19(25-13-7-10-21-8-4-6-12-26(21)25)27-23-11-5-3-9-22(18-23)20-14-16-24(17-15-20)30(2,28)29/h3-19,22,27-29H,1-2H3/t19-,22?/m1/s1. The first kappa shape index (κ1) is 20.5. The van der Waals surface area contributed by atoms with E-state index in [4.69, 9.17) is 0 Å². The molecule has 0 radical (unpaired) electrons. The molecule has 4 heteroatoms. The molecule has 3 aromatic carbocycles. The lowest BCUT2D eigenvalue weighted by atomic mass is 9.97. The van der Waals surface area contributed by atoms with E-state index in [1.165, 1.54) is 22.6 Å². The Morgan fingerprint density at radius 1 is 0.900 bits per heavy atom. The molecule has 0 saturated carbocycles. The molecular weight excluding hydrogens is 390 g/mol. The Morgan fingerprint density at radius 3 is 2.40 bits per heavy atom. The first-order valence-electron chi connectivity index (χ1n) is 10.1. The van der Waals surface area contributed by atoms with E-state index in [0.29, 0.717) is 4.90 Å². The molecule has 0 aromatic heterocycles. The third-order valence-corrected chi connectivity index (χ3v) is 6.61. The third-order valence-electron chi connectivity index (χ3n) is 5.45. The molecular formula is C26H27NO2S. The maximum absolute atomic E-state index is 9.85. The molecule has 0 heterocycles. The molecule has 3 aromatic rings. The summed E-state index contributed by atoms with van der Waals surface area (Å²) in [6.45, 7) is 2.19. The Labute approximate surface area is 179 Å². The van der Waals surface area contributed by atoms with Crippen molar-refractivity contribution in [1.82, 2.24) is 5.32 Å². The van der Waals surface area contributed by atoms with Crippen LogP contribution in [0.1, 0.15) is 30.0 Å². The molecule has 1 aliphatic carbocycles. The minimum atomic E-state index is -2.69. The Morgan fingerprint density at radius 2 is 1.63 bits per heavy atom.